The van der Waals surface area contributed by atoms with Crippen LogP contribution >= 0.6 is 0 Å². The van der Waals surface area contributed by atoms with Crippen LogP contribution in [-0.2, 0) is 0 Å². The van der Waals surface area contributed by atoms with Gasteiger partial charge in [-0.2, -0.15) is 0 Å². The molecule has 122 valence electrons. The molecule has 0 aromatic heterocycles. The van der Waals surface area contributed by atoms with Crippen molar-refractivity contribution in [2.24, 2.45) is 0 Å². The first-order valence-electron chi connectivity index (χ1n) is 8.48. The average molecular weight is 339 g/mol. The van der Waals surface area contributed by atoms with E-state index in [0.717, 1.165) is 0 Å². The molecule has 23 heavy (non-hydrogen) atoms. The molecule has 0 aliphatic heterocycles. The summed E-state index contributed by atoms with van der Waals surface area (Å²) in [6.45, 7) is 14.5. The summed E-state index contributed by atoms with van der Waals surface area (Å²) < 4.78 is 0. The van der Waals surface area contributed by atoms with Crippen LogP contribution in [-0.4, -0.2) is 16.1 Å². The minimum Gasteiger partial charge on any atom is -0.102 e. The van der Waals surface area contributed by atoms with Crippen LogP contribution in [0, 0.1) is 0 Å². The molecule has 2 aromatic rings. The fourth-order valence-electron chi connectivity index (χ4n) is 3.25. The highest BCUT2D eigenvalue weighted by atomic mass is 28.3. The first-order chi connectivity index (χ1) is 10.7. The summed E-state index contributed by atoms with van der Waals surface area (Å²) >= 11 is 0. The molecule has 0 heterocycles. The largest absolute Gasteiger partial charge is 0.145 e. The zero-order chi connectivity index (χ0) is 17.1. The molecule has 0 aliphatic carbocycles. The Hall–Kier alpha value is -1.39. The molecule has 0 unspecified atom stereocenters. The number of rotatable bonds is 4. The second-order valence-corrected chi connectivity index (χ2v) is 18.2. The van der Waals surface area contributed by atoms with E-state index in [2.05, 4.69) is 112 Å². The molecule has 0 N–H and O–H groups in total. The van der Waals surface area contributed by atoms with Gasteiger partial charge >= 0.3 is 0 Å². The molecule has 0 saturated carbocycles. The molecule has 0 nitrogen and oxygen atoms in total. The number of hydrogen-bond acceptors (Lipinski definition) is 0. The fraction of sp³-hybridized carbons (Fsp3) is 0.333. The lowest BCUT2D eigenvalue weighted by molar-refractivity contribution is 0.739. The first-order valence-corrected chi connectivity index (χ1v) is 14.1. The van der Waals surface area contributed by atoms with Crippen molar-refractivity contribution in [2.45, 2.75) is 45.5 Å². The van der Waals surface area contributed by atoms with E-state index in [1.54, 1.807) is 0 Å². The Bertz CT molecular complexity index is 604. The molecule has 0 saturated heterocycles. The van der Waals surface area contributed by atoms with Crippen LogP contribution in [0.25, 0.3) is 0 Å². The van der Waals surface area contributed by atoms with Crippen LogP contribution < -0.4 is 10.4 Å². The van der Waals surface area contributed by atoms with Gasteiger partial charge in [0.25, 0.3) is 0 Å². The van der Waals surface area contributed by atoms with E-state index in [9.17, 15) is 0 Å². The van der Waals surface area contributed by atoms with E-state index < -0.39 is 16.1 Å². The predicted molar refractivity (Wildman–Crippen MR) is 110 cm³/mol. The van der Waals surface area contributed by atoms with Crippen LogP contribution in [0.5, 0.6) is 0 Å². The lowest BCUT2D eigenvalue weighted by Crippen LogP contribution is -2.63. The average Bonchev–Trinajstić information content (AvgIpc) is 2.47. The molecule has 0 radical (unpaired) electrons. The molecule has 2 heteroatoms. The van der Waals surface area contributed by atoms with Crippen molar-refractivity contribution in [3.8, 4) is 0 Å². The van der Waals surface area contributed by atoms with Gasteiger partial charge < -0.3 is 0 Å². The molecule has 0 atom stereocenters. The molecule has 2 rings (SSSR count). The van der Waals surface area contributed by atoms with E-state index >= 15 is 0 Å². The maximum absolute atomic E-state index is 2.63. The quantitative estimate of drug-likeness (QED) is 0.686. The molecular formula is C21H30Si2. The SMILES string of the molecule is CC(C)(C)[Si](/C=C\[Si](C)(C)C)(c1ccccc1)c1ccccc1. The summed E-state index contributed by atoms with van der Waals surface area (Å²) in [6.07, 6.45) is 0. The summed E-state index contributed by atoms with van der Waals surface area (Å²) in [5, 5.41) is 3.23. The standard InChI is InChI=1S/C21H30Si2/c1-21(2,3)23(18-17-22(4,5)6,19-13-9-7-10-14-19)20-15-11-8-12-16-20/h7-18H,1-6H3/b18-17-. The van der Waals surface area contributed by atoms with Crippen molar-refractivity contribution in [3.05, 3.63) is 72.1 Å². The number of benzene rings is 2. The van der Waals surface area contributed by atoms with Gasteiger partial charge in [0.2, 0.25) is 0 Å². The summed E-state index contributed by atoms with van der Waals surface area (Å²) in [7, 11) is -3.26. The Morgan fingerprint density at radius 3 is 1.35 bits per heavy atom. The van der Waals surface area contributed by atoms with Gasteiger partial charge in [-0.15, -0.1) is 5.70 Å². The third-order valence-corrected chi connectivity index (χ3v) is 11.5. The Morgan fingerprint density at radius 2 is 1.04 bits per heavy atom. The van der Waals surface area contributed by atoms with Gasteiger partial charge in [-0.25, -0.2) is 0 Å². The van der Waals surface area contributed by atoms with E-state index in [4.69, 9.17) is 0 Å². The molecule has 0 amide bonds. The molecular weight excluding hydrogens is 308 g/mol. The highest BCUT2D eigenvalue weighted by molar-refractivity contribution is 7.08. The molecule has 0 fully saturated rings. The van der Waals surface area contributed by atoms with Crippen molar-refractivity contribution in [2.75, 3.05) is 0 Å². The second-order valence-electron chi connectivity index (χ2n) is 8.49. The zero-order valence-corrected chi connectivity index (χ0v) is 17.4. The Morgan fingerprint density at radius 1 is 0.652 bits per heavy atom. The van der Waals surface area contributed by atoms with Gasteiger partial charge in [-0.3, -0.25) is 0 Å². The second kappa shape index (κ2) is 6.62. The normalized spacial score (nSPS) is 13.5. The maximum Gasteiger partial charge on any atom is 0.145 e. The lowest BCUT2D eigenvalue weighted by Gasteiger charge is -2.42. The summed E-state index contributed by atoms with van der Waals surface area (Å²) in [5.41, 5.74) is 5.19. The highest BCUT2D eigenvalue weighted by Crippen LogP contribution is 2.37. The van der Waals surface area contributed by atoms with E-state index in [0.29, 0.717) is 0 Å². The summed E-state index contributed by atoms with van der Waals surface area (Å²) in [4.78, 5) is 0. The zero-order valence-electron chi connectivity index (χ0n) is 15.4. The molecule has 0 aliphatic rings. The van der Waals surface area contributed by atoms with E-state index in [-0.39, 0.29) is 5.04 Å². The maximum atomic E-state index is 2.63. The minimum atomic E-state index is -2.00. The summed E-state index contributed by atoms with van der Waals surface area (Å²) in [6, 6.07) is 22.3. The Kier molecular flexibility index (Phi) is 5.17. The fourth-order valence-corrected chi connectivity index (χ4v) is 10.6. The van der Waals surface area contributed by atoms with Gasteiger partial charge in [0.1, 0.15) is 8.07 Å². The van der Waals surface area contributed by atoms with Crippen LogP contribution in [0.1, 0.15) is 20.8 Å². The van der Waals surface area contributed by atoms with E-state index in [1.807, 2.05) is 0 Å². The number of hydrogen-bond donors (Lipinski definition) is 0. The van der Waals surface area contributed by atoms with Crippen molar-refractivity contribution < 1.29 is 0 Å². The van der Waals surface area contributed by atoms with Gasteiger partial charge in [0.05, 0.1) is 8.07 Å². The minimum absolute atomic E-state index is 0.214. The monoisotopic (exact) mass is 338 g/mol. The smallest absolute Gasteiger partial charge is 0.102 e. The van der Waals surface area contributed by atoms with E-state index in [1.165, 1.54) is 10.4 Å². The third-order valence-electron chi connectivity index (χ3n) is 4.47. The van der Waals surface area contributed by atoms with Crippen LogP contribution in [0.15, 0.2) is 72.1 Å². The van der Waals surface area contributed by atoms with Crippen molar-refractivity contribution in [3.63, 3.8) is 0 Å². The van der Waals surface area contributed by atoms with Crippen LogP contribution in [0.3, 0.4) is 0 Å². The lowest BCUT2D eigenvalue weighted by atomic mass is 10.2. The van der Waals surface area contributed by atoms with Gasteiger partial charge in [0, 0.05) is 0 Å². The predicted octanol–water partition coefficient (Wildman–Crippen LogP) is 5.02. The Balaban J connectivity index is 2.78. The van der Waals surface area contributed by atoms with Crippen LogP contribution in [0.2, 0.25) is 24.7 Å². The van der Waals surface area contributed by atoms with Crippen molar-refractivity contribution in [1.82, 2.24) is 0 Å². The first kappa shape index (κ1) is 18.0. The summed E-state index contributed by atoms with van der Waals surface area (Å²) in [5.74, 6) is 0. The van der Waals surface area contributed by atoms with Crippen LogP contribution in [0.4, 0.5) is 0 Å². The van der Waals surface area contributed by atoms with Gasteiger partial charge in [-0.05, 0) is 15.4 Å². The van der Waals surface area contributed by atoms with Crippen molar-refractivity contribution in [1.29, 1.82) is 0 Å². The molecule has 0 bridgehead atoms. The van der Waals surface area contributed by atoms with Gasteiger partial charge in [0.15, 0.2) is 0 Å². The Labute approximate surface area is 144 Å². The topological polar surface area (TPSA) is 0 Å². The molecule has 2 aromatic carbocycles. The van der Waals surface area contributed by atoms with Crippen molar-refractivity contribution >= 4 is 26.5 Å². The molecule has 0 spiro atoms. The third kappa shape index (κ3) is 3.93. The highest BCUT2D eigenvalue weighted by Gasteiger charge is 2.45. The van der Waals surface area contributed by atoms with Gasteiger partial charge in [-0.1, -0.05) is 107 Å².